The summed E-state index contributed by atoms with van der Waals surface area (Å²) in [6.45, 7) is 17.5. The molecule has 0 heterocycles. The van der Waals surface area contributed by atoms with E-state index in [9.17, 15) is 5.11 Å². The molecule has 0 aliphatic carbocycles. The Kier molecular flexibility index (Phi) is 6.31. The molecule has 0 aromatic carbocycles. The van der Waals surface area contributed by atoms with Crippen LogP contribution in [-0.2, 0) is 0 Å². The quantitative estimate of drug-likeness (QED) is 0.736. The van der Waals surface area contributed by atoms with Gasteiger partial charge in [-0.2, -0.15) is 0 Å². The van der Waals surface area contributed by atoms with E-state index in [1.807, 2.05) is 0 Å². The monoisotopic (exact) mass is 258 g/mol. The van der Waals surface area contributed by atoms with Crippen molar-refractivity contribution >= 4 is 0 Å². The van der Waals surface area contributed by atoms with Gasteiger partial charge in [0.1, 0.15) is 0 Å². The van der Waals surface area contributed by atoms with E-state index >= 15 is 0 Å². The third-order valence-electron chi connectivity index (χ3n) is 3.94. The van der Waals surface area contributed by atoms with Gasteiger partial charge in [-0.25, -0.2) is 0 Å². The molecule has 0 rings (SSSR count). The highest BCUT2D eigenvalue weighted by Crippen LogP contribution is 2.25. The molecule has 0 aliphatic heterocycles. The summed E-state index contributed by atoms with van der Waals surface area (Å²) < 4.78 is 0. The Morgan fingerprint density at radius 2 is 1.56 bits per heavy atom. The topological polar surface area (TPSA) is 35.5 Å². The lowest BCUT2D eigenvalue weighted by Gasteiger charge is -2.42. The number of likely N-dealkylation sites (N-methyl/N-ethyl adjacent to an activating group) is 1. The second-order valence-corrected chi connectivity index (χ2v) is 7.59. The molecule has 0 aromatic heterocycles. The van der Waals surface area contributed by atoms with Crippen molar-refractivity contribution in [3.8, 4) is 0 Å². The summed E-state index contributed by atoms with van der Waals surface area (Å²) in [5.74, 6) is 0. The summed E-state index contributed by atoms with van der Waals surface area (Å²) in [7, 11) is 2.10. The minimum Gasteiger partial charge on any atom is -0.394 e. The Morgan fingerprint density at radius 1 is 1.06 bits per heavy atom. The zero-order chi connectivity index (χ0) is 14.6. The van der Waals surface area contributed by atoms with Crippen LogP contribution in [0.4, 0.5) is 0 Å². The highest BCUT2D eigenvalue weighted by Gasteiger charge is 2.31. The van der Waals surface area contributed by atoms with Crippen LogP contribution in [-0.4, -0.2) is 47.8 Å². The standard InChI is InChI=1S/C15H34N2O/c1-9-15(7,10-16-13(2,3)4)11-17(8)14(5,6)12-18/h16,18H,9-12H2,1-8H3. The van der Waals surface area contributed by atoms with Crippen molar-refractivity contribution in [3.05, 3.63) is 0 Å². The SMILES string of the molecule is CCC(C)(CNC(C)(C)C)CN(C)C(C)(C)CO. The normalized spacial score (nSPS) is 17.0. The van der Waals surface area contributed by atoms with Gasteiger partial charge in [0, 0.05) is 24.2 Å². The summed E-state index contributed by atoms with van der Waals surface area (Å²) in [5, 5.41) is 13.0. The summed E-state index contributed by atoms with van der Waals surface area (Å²) in [5.41, 5.74) is 0.230. The Balaban J connectivity index is 4.57. The van der Waals surface area contributed by atoms with E-state index in [4.69, 9.17) is 0 Å². The van der Waals surface area contributed by atoms with Gasteiger partial charge in [0.15, 0.2) is 0 Å². The summed E-state index contributed by atoms with van der Waals surface area (Å²) >= 11 is 0. The molecule has 0 amide bonds. The molecule has 110 valence electrons. The molecule has 0 aromatic rings. The number of aliphatic hydroxyl groups is 1. The van der Waals surface area contributed by atoms with Crippen LogP contribution in [0.25, 0.3) is 0 Å². The fourth-order valence-electron chi connectivity index (χ4n) is 1.68. The zero-order valence-corrected chi connectivity index (χ0v) is 13.7. The van der Waals surface area contributed by atoms with Crippen LogP contribution in [0.15, 0.2) is 0 Å². The van der Waals surface area contributed by atoms with Gasteiger partial charge >= 0.3 is 0 Å². The third kappa shape index (κ3) is 6.17. The van der Waals surface area contributed by atoms with Crippen LogP contribution < -0.4 is 5.32 Å². The van der Waals surface area contributed by atoms with E-state index in [1.54, 1.807) is 0 Å². The molecular weight excluding hydrogens is 224 g/mol. The van der Waals surface area contributed by atoms with Crippen LogP contribution >= 0.6 is 0 Å². The van der Waals surface area contributed by atoms with Gasteiger partial charge in [0.05, 0.1) is 6.61 Å². The number of hydrogen-bond donors (Lipinski definition) is 2. The van der Waals surface area contributed by atoms with E-state index in [0.29, 0.717) is 0 Å². The predicted molar refractivity (Wildman–Crippen MR) is 79.9 cm³/mol. The predicted octanol–water partition coefficient (Wildman–Crippen LogP) is 2.49. The minimum absolute atomic E-state index is 0.154. The molecule has 0 fully saturated rings. The van der Waals surface area contributed by atoms with Gasteiger partial charge in [-0.3, -0.25) is 4.90 Å². The Hall–Kier alpha value is -0.120. The first-order valence-electron chi connectivity index (χ1n) is 7.03. The van der Waals surface area contributed by atoms with Gasteiger partial charge in [-0.1, -0.05) is 13.8 Å². The largest absolute Gasteiger partial charge is 0.394 e. The van der Waals surface area contributed by atoms with Crippen LogP contribution in [0.3, 0.4) is 0 Å². The van der Waals surface area contributed by atoms with Crippen LogP contribution in [0.2, 0.25) is 0 Å². The van der Waals surface area contributed by atoms with Crippen LogP contribution in [0.1, 0.15) is 54.9 Å². The number of hydrogen-bond acceptors (Lipinski definition) is 3. The van der Waals surface area contributed by atoms with Crippen LogP contribution in [0, 0.1) is 5.41 Å². The first kappa shape index (κ1) is 17.9. The van der Waals surface area contributed by atoms with Crippen LogP contribution in [0.5, 0.6) is 0 Å². The molecule has 0 aliphatic rings. The molecule has 1 unspecified atom stereocenters. The smallest absolute Gasteiger partial charge is 0.0609 e. The molecular formula is C15H34N2O. The fourth-order valence-corrected chi connectivity index (χ4v) is 1.68. The minimum atomic E-state index is -0.155. The van der Waals surface area contributed by atoms with Crippen molar-refractivity contribution < 1.29 is 5.11 Å². The van der Waals surface area contributed by atoms with Gasteiger partial charge < -0.3 is 10.4 Å². The molecule has 2 N–H and O–H groups in total. The van der Waals surface area contributed by atoms with Gasteiger partial charge in [-0.05, 0) is 53.5 Å². The molecule has 0 spiro atoms. The lowest BCUT2D eigenvalue weighted by Crippen LogP contribution is -2.52. The molecule has 0 saturated heterocycles. The second kappa shape index (κ2) is 6.36. The van der Waals surface area contributed by atoms with Crippen molar-refractivity contribution in [2.45, 2.75) is 66.0 Å². The number of nitrogens with zero attached hydrogens (tertiary/aromatic N) is 1. The van der Waals surface area contributed by atoms with E-state index in [1.165, 1.54) is 0 Å². The van der Waals surface area contributed by atoms with Gasteiger partial charge in [0.25, 0.3) is 0 Å². The first-order chi connectivity index (χ1) is 7.96. The number of rotatable bonds is 7. The van der Waals surface area contributed by atoms with E-state index in [-0.39, 0.29) is 23.1 Å². The number of aliphatic hydroxyl groups excluding tert-OH is 1. The maximum Gasteiger partial charge on any atom is 0.0609 e. The molecule has 3 nitrogen and oxygen atoms in total. The summed E-state index contributed by atoms with van der Waals surface area (Å²) in [4.78, 5) is 2.26. The van der Waals surface area contributed by atoms with Crippen molar-refractivity contribution in [3.63, 3.8) is 0 Å². The van der Waals surface area contributed by atoms with Crippen molar-refractivity contribution in [2.75, 3.05) is 26.7 Å². The number of nitrogens with one attached hydrogen (secondary N) is 1. The maximum absolute atomic E-state index is 9.44. The Bertz CT molecular complexity index is 245. The highest BCUT2D eigenvalue weighted by atomic mass is 16.3. The zero-order valence-electron chi connectivity index (χ0n) is 13.7. The maximum atomic E-state index is 9.44. The summed E-state index contributed by atoms with van der Waals surface area (Å²) in [6, 6.07) is 0. The molecule has 3 heteroatoms. The highest BCUT2D eigenvalue weighted by molar-refractivity contribution is 4.87. The second-order valence-electron chi connectivity index (χ2n) is 7.59. The molecule has 0 radical (unpaired) electrons. The molecule has 18 heavy (non-hydrogen) atoms. The van der Waals surface area contributed by atoms with Crippen molar-refractivity contribution in [2.24, 2.45) is 5.41 Å². The first-order valence-corrected chi connectivity index (χ1v) is 7.03. The lowest BCUT2D eigenvalue weighted by molar-refractivity contribution is 0.0421. The third-order valence-corrected chi connectivity index (χ3v) is 3.94. The van der Waals surface area contributed by atoms with E-state index in [0.717, 1.165) is 19.5 Å². The lowest BCUT2D eigenvalue weighted by atomic mass is 9.84. The molecule has 0 bridgehead atoms. The molecule has 1 atom stereocenters. The Labute approximate surface area is 114 Å². The van der Waals surface area contributed by atoms with Gasteiger partial charge in [-0.15, -0.1) is 0 Å². The molecule has 0 saturated carbocycles. The van der Waals surface area contributed by atoms with Crippen molar-refractivity contribution in [1.29, 1.82) is 0 Å². The van der Waals surface area contributed by atoms with Crippen molar-refractivity contribution in [1.82, 2.24) is 10.2 Å². The van der Waals surface area contributed by atoms with E-state index in [2.05, 4.69) is 65.7 Å². The average molecular weight is 258 g/mol. The fraction of sp³-hybridized carbons (Fsp3) is 1.00. The Morgan fingerprint density at radius 3 is 1.89 bits per heavy atom. The average Bonchev–Trinajstić information content (AvgIpc) is 2.25. The van der Waals surface area contributed by atoms with E-state index < -0.39 is 0 Å². The summed E-state index contributed by atoms with van der Waals surface area (Å²) in [6.07, 6.45) is 1.13. The van der Waals surface area contributed by atoms with Gasteiger partial charge in [0.2, 0.25) is 0 Å².